The predicted molar refractivity (Wildman–Crippen MR) is 73.9 cm³/mol. The lowest BCUT2D eigenvalue weighted by molar-refractivity contribution is 0.309. The number of nitrogens with one attached hydrogen (secondary N) is 1. The molecule has 0 saturated heterocycles. The van der Waals surface area contributed by atoms with Crippen LogP contribution in [0.15, 0.2) is 24.5 Å². The standard InChI is InChI=1S/C13H19N3OS/c1-3-14-8-12-5-6-13(18-12)10-17-11-7-15-16(4-2)9-11/h5-7,9,14H,3-4,8,10H2,1-2H3. The molecule has 2 aromatic rings. The van der Waals surface area contributed by atoms with Crippen molar-refractivity contribution in [2.45, 2.75) is 33.5 Å². The second-order valence-corrected chi connectivity index (χ2v) is 5.22. The molecular weight excluding hydrogens is 246 g/mol. The third-order valence-electron chi connectivity index (χ3n) is 2.58. The zero-order chi connectivity index (χ0) is 12.8. The summed E-state index contributed by atoms with van der Waals surface area (Å²) in [6, 6.07) is 4.28. The molecule has 0 bridgehead atoms. The monoisotopic (exact) mass is 265 g/mol. The maximum Gasteiger partial charge on any atom is 0.157 e. The maximum absolute atomic E-state index is 5.70. The Bertz CT molecular complexity index is 478. The molecule has 0 saturated carbocycles. The highest BCUT2D eigenvalue weighted by Gasteiger charge is 2.02. The van der Waals surface area contributed by atoms with E-state index < -0.39 is 0 Å². The summed E-state index contributed by atoms with van der Waals surface area (Å²) < 4.78 is 7.56. The van der Waals surface area contributed by atoms with Gasteiger partial charge in [0.25, 0.3) is 0 Å². The average Bonchev–Trinajstić information content (AvgIpc) is 3.03. The van der Waals surface area contributed by atoms with Crippen molar-refractivity contribution in [2.75, 3.05) is 6.54 Å². The molecule has 0 aliphatic carbocycles. The van der Waals surface area contributed by atoms with Crippen molar-refractivity contribution in [3.05, 3.63) is 34.3 Å². The van der Waals surface area contributed by atoms with Crippen molar-refractivity contribution >= 4 is 11.3 Å². The van der Waals surface area contributed by atoms with E-state index in [4.69, 9.17) is 4.74 Å². The summed E-state index contributed by atoms with van der Waals surface area (Å²) in [5.41, 5.74) is 0. The molecule has 2 rings (SSSR count). The van der Waals surface area contributed by atoms with Gasteiger partial charge in [0.15, 0.2) is 5.75 Å². The Kier molecular flexibility index (Phi) is 4.78. The molecule has 18 heavy (non-hydrogen) atoms. The number of hydrogen-bond acceptors (Lipinski definition) is 4. The summed E-state index contributed by atoms with van der Waals surface area (Å²) in [7, 11) is 0. The van der Waals surface area contributed by atoms with Gasteiger partial charge in [0.2, 0.25) is 0 Å². The van der Waals surface area contributed by atoms with Gasteiger partial charge in [-0.1, -0.05) is 6.92 Å². The Labute approximate surface area is 112 Å². The zero-order valence-corrected chi connectivity index (χ0v) is 11.7. The molecule has 2 heterocycles. The van der Waals surface area contributed by atoms with Crippen LogP contribution in [-0.4, -0.2) is 16.3 Å². The zero-order valence-electron chi connectivity index (χ0n) is 10.8. The van der Waals surface area contributed by atoms with E-state index in [-0.39, 0.29) is 0 Å². The molecular formula is C13H19N3OS. The number of ether oxygens (including phenoxy) is 1. The Morgan fingerprint density at radius 2 is 2.17 bits per heavy atom. The summed E-state index contributed by atoms with van der Waals surface area (Å²) in [6.45, 7) is 7.60. The molecule has 2 aromatic heterocycles. The van der Waals surface area contributed by atoms with Crippen molar-refractivity contribution in [1.29, 1.82) is 0 Å². The molecule has 0 amide bonds. The van der Waals surface area contributed by atoms with E-state index in [1.54, 1.807) is 17.5 Å². The lowest BCUT2D eigenvalue weighted by atomic mass is 10.4. The predicted octanol–water partition coefficient (Wildman–Crippen LogP) is 2.65. The van der Waals surface area contributed by atoms with Crippen LogP contribution >= 0.6 is 11.3 Å². The molecule has 1 N–H and O–H groups in total. The summed E-state index contributed by atoms with van der Waals surface area (Å²) in [6.07, 6.45) is 3.68. The minimum Gasteiger partial charge on any atom is -0.485 e. The molecule has 0 spiro atoms. The van der Waals surface area contributed by atoms with Gasteiger partial charge in [0, 0.05) is 22.8 Å². The molecule has 0 aliphatic heterocycles. The van der Waals surface area contributed by atoms with Crippen LogP contribution < -0.4 is 10.1 Å². The van der Waals surface area contributed by atoms with Crippen LogP contribution in [-0.2, 0) is 19.7 Å². The molecule has 0 unspecified atom stereocenters. The van der Waals surface area contributed by atoms with Gasteiger partial charge in [0.05, 0.1) is 12.4 Å². The van der Waals surface area contributed by atoms with Crippen LogP contribution in [0.2, 0.25) is 0 Å². The average molecular weight is 265 g/mol. The third kappa shape index (κ3) is 3.58. The Balaban J connectivity index is 1.84. The largest absolute Gasteiger partial charge is 0.485 e. The van der Waals surface area contributed by atoms with Crippen molar-refractivity contribution < 1.29 is 4.74 Å². The van der Waals surface area contributed by atoms with E-state index in [0.29, 0.717) is 6.61 Å². The SMILES string of the molecule is CCNCc1ccc(COc2cnn(CC)c2)s1. The van der Waals surface area contributed by atoms with Crippen LogP contribution in [0.1, 0.15) is 23.6 Å². The van der Waals surface area contributed by atoms with Crippen LogP contribution in [0.25, 0.3) is 0 Å². The third-order valence-corrected chi connectivity index (χ3v) is 3.64. The van der Waals surface area contributed by atoms with Crippen LogP contribution in [0.4, 0.5) is 0 Å². The fourth-order valence-corrected chi connectivity index (χ4v) is 2.49. The highest BCUT2D eigenvalue weighted by Crippen LogP contribution is 2.19. The lowest BCUT2D eigenvalue weighted by Crippen LogP contribution is -2.10. The normalized spacial score (nSPS) is 10.8. The highest BCUT2D eigenvalue weighted by molar-refractivity contribution is 7.11. The minimum atomic E-state index is 0.617. The molecule has 0 aromatic carbocycles. The molecule has 0 fully saturated rings. The summed E-state index contributed by atoms with van der Waals surface area (Å²) in [4.78, 5) is 2.59. The smallest absolute Gasteiger partial charge is 0.157 e. The van der Waals surface area contributed by atoms with Gasteiger partial charge in [0.1, 0.15) is 6.61 Å². The Morgan fingerprint density at radius 1 is 1.33 bits per heavy atom. The van der Waals surface area contributed by atoms with Gasteiger partial charge in [-0.05, 0) is 25.6 Å². The number of rotatable bonds is 7. The molecule has 5 heteroatoms. The summed E-state index contributed by atoms with van der Waals surface area (Å²) in [5.74, 6) is 0.832. The van der Waals surface area contributed by atoms with Gasteiger partial charge in [-0.15, -0.1) is 11.3 Å². The first-order chi connectivity index (χ1) is 8.81. The first-order valence-electron chi connectivity index (χ1n) is 6.25. The van der Waals surface area contributed by atoms with Crippen molar-refractivity contribution in [3.63, 3.8) is 0 Å². The van der Waals surface area contributed by atoms with Gasteiger partial charge in [-0.3, -0.25) is 4.68 Å². The lowest BCUT2D eigenvalue weighted by Gasteiger charge is -2.00. The number of hydrogen-bond donors (Lipinski definition) is 1. The Morgan fingerprint density at radius 3 is 2.89 bits per heavy atom. The number of thiophene rings is 1. The molecule has 4 nitrogen and oxygen atoms in total. The minimum absolute atomic E-state index is 0.617. The van der Waals surface area contributed by atoms with Crippen LogP contribution in [0.3, 0.4) is 0 Å². The first kappa shape index (κ1) is 13.1. The van der Waals surface area contributed by atoms with Crippen molar-refractivity contribution in [3.8, 4) is 5.75 Å². The van der Waals surface area contributed by atoms with E-state index in [1.807, 2.05) is 10.9 Å². The van der Waals surface area contributed by atoms with Crippen molar-refractivity contribution in [2.24, 2.45) is 0 Å². The van der Waals surface area contributed by atoms with E-state index in [1.165, 1.54) is 9.75 Å². The van der Waals surface area contributed by atoms with E-state index >= 15 is 0 Å². The van der Waals surface area contributed by atoms with Crippen LogP contribution in [0.5, 0.6) is 5.75 Å². The second kappa shape index (κ2) is 6.56. The van der Waals surface area contributed by atoms with E-state index in [2.05, 4.69) is 36.4 Å². The van der Waals surface area contributed by atoms with Gasteiger partial charge in [-0.25, -0.2) is 0 Å². The van der Waals surface area contributed by atoms with Gasteiger partial charge < -0.3 is 10.1 Å². The number of aryl methyl sites for hydroxylation is 1. The van der Waals surface area contributed by atoms with E-state index in [0.717, 1.165) is 25.4 Å². The van der Waals surface area contributed by atoms with Gasteiger partial charge in [-0.2, -0.15) is 5.10 Å². The number of nitrogens with zero attached hydrogens (tertiary/aromatic N) is 2. The summed E-state index contributed by atoms with van der Waals surface area (Å²) in [5, 5.41) is 7.50. The summed E-state index contributed by atoms with van der Waals surface area (Å²) >= 11 is 1.79. The topological polar surface area (TPSA) is 39.1 Å². The highest BCUT2D eigenvalue weighted by atomic mass is 32.1. The van der Waals surface area contributed by atoms with E-state index in [9.17, 15) is 0 Å². The Hall–Kier alpha value is -1.33. The molecule has 98 valence electrons. The second-order valence-electron chi connectivity index (χ2n) is 3.97. The fraction of sp³-hybridized carbons (Fsp3) is 0.462. The number of aromatic nitrogens is 2. The maximum atomic E-state index is 5.70. The van der Waals surface area contributed by atoms with Gasteiger partial charge >= 0.3 is 0 Å². The van der Waals surface area contributed by atoms with Crippen molar-refractivity contribution in [1.82, 2.24) is 15.1 Å². The first-order valence-corrected chi connectivity index (χ1v) is 7.07. The molecule has 0 atom stereocenters. The fourth-order valence-electron chi connectivity index (χ4n) is 1.59. The van der Waals surface area contributed by atoms with Crippen LogP contribution in [0, 0.1) is 0 Å². The quantitative estimate of drug-likeness (QED) is 0.836. The molecule has 0 aliphatic rings. The molecule has 0 radical (unpaired) electrons.